The largest absolute Gasteiger partial charge is 0.487 e. The Kier molecular flexibility index (Phi) is 3.63. The van der Waals surface area contributed by atoms with Gasteiger partial charge in [0.2, 0.25) is 0 Å². The molecule has 2 nitrogen and oxygen atoms in total. The highest BCUT2D eigenvalue weighted by atomic mass is 79.9. The molecule has 0 radical (unpaired) electrons. The van der Waals surface area contributed by atoms with E-state index in [1.807, 2.05) is 0 Å². The lowest BCUT2D eigenvalue weighted by Crippen LogP contribution is -2.16. The smallest absolute Gasteiger partial charge is 0.416 e. The van der Waals surface area contributed by atoms with E-state index in [0.29, 0.717) is 24.1 Å². The summed E-state index contributed by atoms with van der Waals surface area (Å²) >= 11 is 3.17. The number of alkyl halides is 3. The summed E-state index contributed by atoms with van der Waals surface area (Å²) in [5, 5.41) is 0. The molecule has 0 spiro atoms. The first kappa shape index (κ1) is 12.7. The maximum atomic E-state index is 12.5. The minimum atomic E-state index is -4.36. The zero-order valence-electron chi connectivity index (χ0n) is 8.76. The molecule has 1 aromatic carbocycles. The number of halogens is 4. The number of hydrogen-bond acceptors (Lipinski definition) is 2. The summed E-state index contributed by atoms with van der Waals surface area (Å²) in [7, 11) is 0. The number of ether oxygens (including phenoxy) is 2. The molecule has 1 fully saturated rings. The van der Waals surface area contributed by atoms with E-state index in [4.69, 9.17) is 9.47 Å². The van der Waals surface area contributed by atoms with Gasteiger partial charge in [0, 0.05) is 6.42 Å². The van der Waals surface area contributed by atoms with Crippen molar-refractivity contribution in [3.63, 3.8) is 0 Å². The molecule has 1 unspecified atom stereocenters. The molecule has 1 saturated heterocycles. The lowest BCUT2D eigenvalue weighted by molar-refractivity contribution is -0.137. The van der Waals surface area contributed by atoms with Crippen LogP contribution in [0.5, 0.6) is 5.75 Å². The Bertz CT molecular complexity index is 400. The average Bonchev–Trinajstić information content (AvgIpc) is 2.72. The van der Waals surface area contributed by atoms with Gasteiger partial charge in [0.15, 0.2) is 0 Å². The predicted molar refractivity (Wildman–Crippen MR) is 59.0 cm³/mol. The highest BCUT2D eigenvalue weighted by molar-refractivity contribution is 9.10. The van der Waals surface area contributed by atoms with Gasteiger partial charge in [-0.15, -0.1) is 0 Å². The molecular formula is C11H10BrF3O2. The molecule has 1 aromatic rings. The van der Waals surface area contributed by atoms with Gasteiger partial charge >= 0.3 is 6.18 Å². The van der Waals surface area contributed by atoms with E-state index in [1.165, 1.54) is 6.07 Å². The molecule has 6 heteroatoms. The first-order chi connectivity index (χ1) is 7.97. The molecule has 1 aliphatic rings. The van der Waals surface area contributed by atoms with Crippen molar-refractivity contribution in [2.45, 2.75) is 18.7 Å². The normalized spacial score (nSPS) is 20.6. The van der Waals surface area contributed by atoms with Crippen molar-refractivity contribution in [1.29, 1.82) is 0 Å². The number of hydrogen-bond donors (Lipinski definition) is 0. The van der Waals surface area contributed by atoms with Gasteiger partial charge in [-0.3, -0.25) is 0 Å². The van der Waals surface area contributed by atoms with E-state index in [9.17, 15) is 13.2 Å². The summed E-state index contributed by atoms with van der Waals surface area (Å²) in [6, 6.07) is 3.36. The minimum Gasteiger partial charge on any atom is -0.487 e. The van der Waals surface area contributed by atoms with Crippen LogP contribution in [0.3, 0.4) is 0 Å². The van der Waals surface area contributed by atoms with Gasteiger partial charge in [-0.2, -0.15) is 13.2 Å². The monoisotopic (exact) mass is 310 g/mol. The summed E-state index contributed by atoms with van der Waals surface area (Å²) in [4.78, 5) is 0. The van der Waals surface area contributed by atoms with Crippen molar-refractivity contribution in [2.75, 3.05) is 13.2 Å². The highest BCUT2D eigenvalue weighted by Gasteiger charge is 2.31. The summed E-state index contributed by atoms with van der Waals surface area (Å²) in [5.41, 5.74) is -0.713. The molecule has 0 aromatic heterocycles. The molecule has 1 aliphatic heterocycles. The Balaban J connectivity index is 2.20. The van der Waals surface area contributed by atoms with Crippen LogP contribution in [-0.4, -0.2) is 19.3 Å². The summed E-state index contributed by atoms with van der Waals surface area (Å²) < 4.78 is 48.6. The van der Waals surface area contributed by atoms with Gasteiger partial charge in [0.05, 0.1) is 23.2 Å². The van der Waals surface area contributed by atoms with Gasteiger partial charge < -0.3 is 9.47 Å². The van der Waals surface area contributed by atoms with Crippen LogP contribution >= 0.6 is 15.9 Å². The van der Waals surface area contributed by atoms with Gasteiger partial charge in [-0.25, -0.2) is 0 Å². The second-order valence-corrected chi connectivity index (χ2v) is 4.60. The fraction of sp³-hybridized carbons (Fsp3) is 0.455. The van der Waals surface area contributed by atoms with Crippen molar-refractivity contribution in [3.8, 4) is 5.75 Å². The van der Waals surface area contributed by atoms with E-state index in [2.05, 4.69) is 15.9 Å². The van der Waals surface area contributed by atoms with Crippen molar-refractivity contribution in [2.24, 2.45) is 0 Å². The molecule has 17 heavy (non-hydrogen) atoms. The molecule has 1 atom stereocenters. The van der Waals surface area contributed by atoms with E-state index >= 15 is 0 Å². The van der Waals surface area contributed by atoms with Crippen LogP contribution < -0.4 is 4.74 Å². The van der Waals surface area contributed by atoms with E-state index in [1.54, 1.807) is 0 Å². The quantitative estimate of drug-likeness (QED) is 0.830. The third kappa shape index (κ3) is 3.13. The van der Waals surface area contributed by atoms with Crippen LogP contribution in [0.15, 0.2) is 22.7 Å². The average molecular weight is 311 g/mol. The summed E-state index contributed by atoms with van der Waals surface area (Å²) in [6.45, 7) is 1.00. The first-order valence-corrected chi connectivity index (χ1v) is 5.87. The Hall–Kier alpha value is -0.750. The van der Waals surface area contributed by atoms with Crippen LogP contribution in [0.2, 0.25) is 0 Å². The zero-order chi connectivity index (χ0) is 12.5. The minimum absolute atomic E-state index is 0.171. The molecule has 0 aliphatic carbocycles. The molecule has 0 N–H and O–H groups in total. The number of benzene rings is 1. The second-order valence-electron chi connectivity index (χ2n) is 3.75. The molecule has 0 amide bonds. The molecule has 0 saturated carbocycles. The Morgan fingerprint density at radius 2 is 2.12 bits per heavy atom. The van der Waals surface area contributed by atoms with E-state index in [0.717, 1.165) is 12.1 Å². The van der Waals surface area contributed by atoms with Gasteiger partial charge in [0.25, 0.3) is 0 Å². The zero-order valence-corrected chi connectivity index (χ0v) is 10.3. The molecule has 2 rings (SSSR count). The van der Waals surface area contributed by atoms with Crippen LogP contribution in [0.1, 0.15) is 12.0 Å². The lowest BCUT2D eigenvalue weighted by Gasteiger charge is -2.15. The topological polar surface area (TPSA) is 18.5 Å². The lowest BCUT2D eigenvalue weighted by atomic mass is 10.2. The third-order valence-electron chi connectivity index (χ3n) is 2.44. The van der Waals surface area contributed by atoms with Gasteiger partial charge in [-0.05, 0) is 34.1 Å². The van der Waals surface area contributed by atoms with E-state index < -0.39 is 11.7 Å². The van der Waals surface area contributed by atoms with Crippen LogP contribution in [0, 0.1) is 0 Å². The molecule has 94 valence electrons. The fourth-order valence-electron chi connectivity index (χ4n) is 1.56. The van der Waals surface area contributed by atoms with Gasteiger partial charge in [0.1, 0.15) is 11.9 Å². The Morgan fingerprint density at radius 1 is 1.35 bits per heavy atom. The second kappa shape index (κ2) is 4.86. The SMILES string of the molecule is FC(F)(F)c1ccc(Br)c(OC2CCOC2)c1. The fourth-order valence-corrected chi connectivity index (χ4v) is 1.90. The maximum Gasteiger partial charge on any atom is 0.416 e. The van der Waals surface area contributed by atoms with Crippen molar-refractivity contribution in [3.05, 3.63) is 28.2 Å². The predicted octanol–water partition coefficient (Wildman–Crippen LogP) is 3.64. The summed E-state index contributed by atoms with van der Waals surface area (Å²) in [6.07, 6.45) is -3.83. The standard InChI is InChI=1S/C11H10BrF3O2/c12-9-2-1-7(11(13,14)15)5-10(9)17-8-3-4-16-6-8/h1-2,5,8H,3-4,6H2. The highest BCUT2D eigenvalue weighted by Crippen LogP contribution is 2.35. The Morgan fingerprint density at radius 3 is 2.71 bits per heavy atom. The van der Waals surface area contributed by atoms with E-state index in [-0.39, 0.29) is 11.9 Å². The van der Waals surface area contributed by atoms with Gasteiger partial charge in [-0.1, -0.05) is 0 Å². The summed E-state index contributed by atoms with van der Waals surface area (Å²) in [5.74, 6) is 0.204. The number of rotatable bonds is 2. The molecule has 1 heterocycles. The van der Waals surface area contributed by atoms with Crippen molar-refractivity contribution < 1.29 is 22.6 Å². The van der Waals surface area contributed by atoms with Crippen molar-refractivity contribution >= 4 is 15.9 Å². The van der Waals surface area contributed by atoms with Crippen LogP contribution in [0.4, 0.5) is 13.2 Å². The van der Waals surface area contributed by atoms with Crippen molar-refractivity contribution in [1.82, 2.24) is 0 Å². The third-order valence-corrected chi connectivity index (χ3v) is 3.10. The van der Waals surface area contributed by atoms with Crippen LogP contribution in [-0.2, 0) is 10.9 Å². The molecule has 0 bridgehead atoms. The molecular weight excluding hydrogens is 301 g/mol. The van der Waals surface area contributed by atoms with Crippen LogP contribution in [0.25, 0.3) is 0 Å². The maximum absolute atomic E-state index is 12.5. The first-order valence-electron chi connectivity index (χ1n) is 5.08. The Labute approximate surface area is 105 Å².